The number of ether oxygens (including phenoxy) is 2. The largest absolute Gasteiger partial charge is 0.496 e. The first-order chi connectivity index (χ1) is 8.70. The highest BCUT2D eigenvalue weighted by Gasteiger charge is 2.19. The Kier molecular flexibility index (Phi) is 5.03. The highest BCUT2D eigenvalue weighted by molar-refractivity contribution is 9.10. The molecule has 1 aromatic carbocycles. The van der Waals surface area contributed by atoms with Crippen LogP contribution >= 0.6 is 15.9 Å². The number of rotatable bonds is 4. The third kappa shape index (κ3) is 3.46. The van der Waals surface area contributed by atoms with Gasteiger partial charge in [-0.1, -0.05) is 15.9 Å². The number of halogens is 1. The van der Waals surface area contributed by atoms with Gasteiger partial charge in [0.2, 0.25) is 0 Å². The minimum Gasteiger partial charge on any atom is -0.496 e. The Morgan fingerprint density at radius 1 is 1.39 bits per heavy atom. The smallest absolute Gasteiger partial charge is 0.123 e. The molecule has 1 aliphatic rings. The minimum absolute atomic E-state index is 0.613. The van der Waals surface area contributed by atoms with Crippen LogP contribution in [0.15, 0.2) is 22.7 Å². The van der Waals surface area contributed by atoms with Crippen LogP contribution in [0, 0.1) is 0 Å². The van der Waals surface area contributed by atoms with E-state index in [0.29, 0.717) is 6.04 Å². The van der Waals surface area contributed by atoms with Crippen LogP contribution in [0.1, 0.15) is 18.4 Å². The first kappa shape index (κ1) is 13.8. The van der Waals surface area contributed by atoms with Crippen LogP contribution in [0.25, 0.3) is 0 Å². The van der Waals surface area contributed by atoms with E-state index in [9.17, 15) is 0 Å². The summed E-state index contributed by atoms with van der Waals surface area (Å²) in [5, 5.41) is 0. The number of hydrogen-bond donors (Lipinski definition) is 0. The van der Waals surface area contributed by atoms with Crippen molar-refractivity contribution in [3.05, 3.63) is 28.2 Å². The van der Waals surface area contributed by atoms with Gasteiger partial charge < -0.3 is 9.47 Å². The minimum atomic E-state index is 0.613. The fourth-order valence-corrected chi connectivity index (χ4v) is 2.80. The van der Waals surface area contributed by atoms with E-state index >= 15 is 0 Å². The van der Waals surface area contributed by atoms with Gasteiger partial charge in [0, 0.05) is 35.8 Å². The molecule has 0 atom stereocenters. The quantitative estimate of drug-likeness (QED) is 0.852. The number of hydrogen-bond acceptors (Lipinski definition) is 3. The summed E-state index contributed by atoms with van der Waals surface area (Å²) in [6.45, 7) is 2.67. The lowest BCUT2D eigenvalue weighted by Crippen LogP contribution is -2.36. The van der Waals surface area contributed by atoms with E-state index in [-0.39, 0.29) is 0 Å². The molecule has 0 aliphatic carbocycles. The second-order valence-corrected chi connectivity index (χ2v) is 5.63. The first-order valence-electron chi connectivity index (χ1n) is 6.31. The molecule has 0 spiro atoms. The van der Waals surface area contributed by atoms with Crippen LogP contribution in [-0.4, -0.2) is 38.3 Å². The molecule has 2 rings (SSSR count). The maximum absolute atomic E-state index is 5.42. The summed E-state index contributed by atoms with van der Waals surface area (Å²) in [4.78, 5) is 2.40. The van der Waals surface area contributed by atoms with Crippen molar-refractivity contribution in [1.82, 2.24) is 4.90 Å². The molecule has 1 aromatic rings. The molecule has 0 N–H and O–H groups in total. The van der Waals surface area contributed by atoms with Gasteiger partial charge in [0.05, 0.1) is 7.11 Å². The molecule has 0 unspecified atom stereocenters. The lowest BCUT2D eigenvalue weighted by molar-refractivity contribution is 0.0405. The van der Waals surface area contributed by atoms with E-state index in [1.807, 2.05) is 12.1 Å². The standard InChI is InChI=1S/C14H20BrNO2/c1-16(13-5-7-18-8-6-13)10-11-9-12(15)3-4-14(11)17-2/h3-4,9,13H,5-8,10H2,1-2H3. The number of nitrogens with zero attached hydrogens (tertiary/aromatic N) is 1. The van der Waals surface area contributed by atoms with Crippen LogP contribution in [0.5, 0.6) is 5.75 Å². The zero-order chi connectivity index (χ0) is 13.0. The van der Waals surface area contributed by atoms with E-state index in [2.05, 4.69) is 33.9 Å². The van der Waals surface area contributed by atoms with E-state index in [4.69, 9.17) is 9.47 Å². The summed E-state index contributed by atoms with van der Waals surface area (Å²) in [6, 6.07) is 6.77. The third-order valence-corrected chi connectivity index (χ3v) is 3.97. The van der Waals surface area contributed by atoms with Crippen LogP contribution in [-0.2, 0) is 11.3 Å². The van der Waals surface area contributed by atoms with Crippen LogP contribution in [0.4, 0.5) is 0 Å². The summed E-state index contributed by atoms with van der Waals surface area (Å²) in [6.07, 6.45) is 2.24. The van der Waals surface area contributed by atoms with Crippen molar-refractivity contribution in [3.63, 3.8) is 0 Å². The fraction of sp³-hybridized carbons (Fsp3) is 0.571. The Labute approximate surface area is 117 Å². The van der Waals surface area contributed by atoms with E-state index < -0.39 is 0 Å². The van der Waals surface area contributed by atoms with Crippen molar-refractivity contribution >= 4 is 15.9 Å². The monoisotopic (exact) mass is 313 g/mol. The lowest BCUT2D eigenvalue weighted by atomic mass is 10.1. The van der Waals surface area contributed by atoms with Gasteiger partial charge in [-0.2, -0.15) is 0 Å². The summed E-state index contributed by atoms with van der Waals surface area (Å²) in [5.74, 6) is 0.956. The van der Waals surface area contributed by atoms with Gasteiger partial charge in [-0.15, -0.1) is 0 Å². The summed E-state index contributed by atoms with van der Waals surface area (Å²) in [5.41, 5.74) is 1.22. The molecule has 1 aliphatic heterocycles. The molecule has 0 aromatic heterocycles. The molecule has 1 saturated heterocycles. The zero-order valence-corrected chi connectivity index (χ0v) is 12.6. The highest BCUT2D eigenvalue weighted by atomic mass is 79.9. The lowest BCUT2D eigenvalue weighted by Gasteiger charge is -2.31. The topological polar surface area (TPSA) is 21.7 Å². The van der Waals surface area contributed by atoms with Crippen LogP contribution in [0.3, 0.4) is 0 Å². The van der Waals surface area contributed by atoms with Crippen molar-refractivity contribution in [1.29, 1.82) is 0 Å². The molecule has 0 radical (unpaired) electrons. The summed E-state index contributed by atoms with van der Waals surface area (Å²) < 4.78 is 11.9. The van der Waals surface area contributed by atoms with Gasteiger partial charge in [-0.05, 0) is 38.1 Å². The van der Waals surface area contributed by atoms with Gasteiger partial charge in [-0.3, -0.25) is 4.90 Å². The molecule has 3 nitrogen and oxygen atoms in total. The molecule has 0 amide bonds. The van der Waals surface area contributed by atoms with Crippen LogP contribution in [0.2, 0.25) is 0 Å². The van der Waals surface area contributed by atoms with Gasteiger partial charge >= 0.3 is 0 Å². The van der Waals surface area contributed by atoms with Gasteiger partial charge in [0.1, 0.15) is 5.75 Å². The van der Waals surface area contributed by atoms with Gasteiger partial charge in [-0.25, -0.2) is 0 Å². The Bertz CT molecular complexity index is 391. The Morgan fingerprint density at radius 2 is 2.11 bits per heavy atom. The molecule has 100 valence electrons. The van der Waals surface area contributed by atoms with E-state index in [1.54, 1.807) is 7.11 Å². The Balaban J connectivity index is 2.05. The average Bonchev–Trinajstić information content (AvgIpc) is 2.40. The molecule has 0 saturated carbocycles. The maximum Gasteiger partial charge on any atom is 0.123 e. The molecular weight excluding hydrogens is 294 g/mol. The Morgan fingerprint density at radius 3 is 2.78 bits per heavy atom. The first-order valence-corrected chi connectivity index (χ1v) is 7.10. The molecule has 18 heavy (non-hydrogen) atoms. The third-order valence-electron chi connectivity index (χ3n) is 3.48. The van der Waals surface area contributed by atoms with Crippen molar-refractivity contribution in [3.8, 4) is 5.75 Å². The Hall–Kier alpha value is -0.580. The summed E-state index contributed by atoms with van der Waals surface area (Å²) >= 11 is 3.52. The molecule has 4 heteroatoms. The SMILES string of the molecule is COc1ccc(Br)cc1CN(C)C1CCOCC1. The predicted molar refractivity (Wildman–Crippen MR) is 76.0 cm³/mol. The maximum atomic E-state index is 5.42. The predicted octanol–water partition coefficient (Wildman–Crippen LogP) is 3.07. The van der Waals surface area contributed by atoms with Crippen LogP contribution < -0.4 is 4.74 Å². The van der Waals surface area contributed by atoms with Crippen molar-refractivity contribution in [2.45, 2.75) is 25.4 Å². The second-order valence-electron chi connectivity index (χ2n) is 4.71. The van der Waals surface area contributed by atoms with Gasteiger partial charge in [0.25, 0.3) is 0 Å². The van der Waals surface area contributed by atoms with Crippen molar-refractivity contribution in [2.75, 3.05) is 27.4 Å². The highest BCUT2D eigenvalue weighted by Crippen LogP contribution is 2.25. The van der Waals surface area contributed by atoms with Crippen molar-refractivity contribution in [2.24, 2.45) is 0 Å². The summed E-state index contributed by atoms with van der Waals surface area (Å²) in [7, 11) is 3.90. The molecule has 1 fully saturated rings. The molecular formula is C14H20BrNO2. The fourth-order valence-electron chi connectivity index (χ4n) is 2.39. The van der Waals surface area contributed by atoms with E-state index in [0.717, 1.165) is 42.8 Å². The molecule has 0 bridgehead atoms. The van der Waals surface area contributed by atoms with E-state index in [1.165, 1.54) is 5.56 Å². The normalized spacial score (nSPS) is 17.1. The van der Waals surface area contributed by atoms with Crippen molar-refractivity contribution < 1.29 is 9.47 Å². The number of benzene rings is 1. The number of methoxy groups -OCH3 is 1. The average molecular weight is 314 g/mol. The second kappa shape index (κ2) is 6.55. The molecule has 1 heterocycles. The van der Waals surface area contributed by atoms with Gasteiger partial charge in [0.15, 0.2) is 0 Å². The zero-order valence-electron chi connectivity index (χ0n) is 11.0.